The summed E-state index contributed by atoms with van der Waals surface area (Å²) in [4.78, 5) is 12.0. The number of carbonyl (C=O) groups is 1. The fourth-order valence-electron chi connectivity index (χ4n) is 2.91. The lowest BCUT2D eigenvalue weighted by Gasteiger charge is -2.13. The number of primary sulfonamides is 1. The van der Waals surface area contributed by atoms with Crippen LogP contribution in [0.15, 0.2) is 59.5 Å². The molecule has 26 heavy (non-hydrogen) atoms. The Kier molecular flexibility index (Phi) is 4.75. The van der Waals surface area contributed by atoms with Gasteiger partial charge in [0, 0.05) is 22.0 Å². The lowest BCUT2D eigenvalue weighted by atomic mass is 10.1. The van der Waals surface area contributed by atoms with Gasteiger partial charge in [0.1, 0.15) is 0 Å². The van der Waals surface area contributed by atoms with Gasteiger partial charge in [0.25, 0.3) is 0 Å². The number of ketones is 1. The van der Waals surface area contributed by atoms with Crippen molar-refractivity contribution in [2.24, 2.45) is 5.14 Å². The van der Waals surface area contributed by atoms with Crippen molar-refractivity contribution in [1.29, 1.82) is 0 Å². The van der Waals surface area contributed by atoms with Crippen LogP contribution in [0.2, 0.25) is 5.02 Å². The van der Waals surface area contributed by atoms with Crippen LogP contribution in [0.3, 0.4) is 0 Å². The third-order valence-electron chi connectivity index (χ3n) is 4.19. The van der Waals surface area contributed by atoms with Gasteiger partial charge >= 0.3 is 0 Å². The molecule has 0 fully saturated rings. The summed E-state index contributed by atoms with van der Waals surface area (Å²) in [6.45, 7) is 3.37. The number of benzene rings is 2. The van der Waals surface area contributed by atoms with Crippen molar-refractivity contribution in [3.05, 3.63) is 70.9 Å². The normalized spacial score (nSPS) is 11.5. The van der Waals surface area contributed by atoms with Crippen LogP contribution >= 0.6 is 11.6 Å². The first-order valence-corrected chi connectivity index (χ1v) is 9.73. The first-order chi connectivity index (χ1) is 12.2. The van der Waals surface area contributed by atoms with Crippen molar-refractivity contribution in [2.75, 3.05) is 0 Å². The van der Waals surface area contributed by atoms with E-state index < -0.39 is 10.0 Å². The summed E-state index contributed by atoms with van der Waals surface area (Å²) in [7, 11) is -3.77. The smallest absolute Gasteiger partial charge is 0.238 e. The molecule has 7 heteroatoms. The second kappa shape index (κ2) is 6.72. The molecule has 0 aliphatic carbocycles. The molecule has 5 nitrogen and oxygen atoms in total. The third kappa shape index (κ3) is 3.44. The van der Waals surface area contributed by atoms with Gasteiger partial charge < -0.3 is 4.57 Å². The molecule has 0 unspecified atom stereocenters. The van der Waals surface area contributed by atoms with E-state index in [9.17, 15) is 13.2 Å². The fourth-order valence-corrected chi connectivity index (χ4v) is 3.56. The highest BCUT2D eigenvalue weighted by Gasteiger charge is 2.18. The van der Waals surface area contributed by atoms with Crippen LogP contribution in [-0.4, -0.2) is 18.8 Å². The lowest BCUT2D eigenvalue weighted by molar-refractivity contribution is 0.101. The summed E-state index contributed by atoms with van der Waals surface area (Å²) in [5.74, 6) is -0.0439. The maximum Gasteiger partial charge on any atom is 0.238 e. The van der Waals surface area contributed by atoms with E-state index in [2.05, 4.69) is 0 Å². The molecule has 0 radical (unpaired) electrons. The molecule has 0 amide bonds. The van der Waals surface area contributed by atoms with Crippen molar-refractivity contribution < 1.29 is 13.2 Å². The molecule has 0 atom stereocenters. The number of hydrogen-bond donors (Lipinski definition) is 1. The van der Waals surface area contributed by atoms with Gasteiger partial charge in [-0.05, 0) is 61.9 Å². The van der Waals surface area contributed by atoms with Gasteiger partial charge in [0.2, 0.25) is 10.0 Å². The van der Waals surface area contributed by atoms with Gasteiger partial charge in [0.05, 0.1) is 10.6 Å². The van der Waals surface area contributed by atoms with Crippen LogP contribution in [0, 0.1) is 6.92 Å². The minimum Gasteiger partial charge on any atom is -0.313 e. The van der Waals surface area contributed by atoms with E-state index in [4.69, 9.17) is 16.7 Å². The van der Waals surface area contributed by atoms with E-state index in [1.807, 2.05) is 29.7 Å². The van der Waals surface area contributed by atoms with E-state index in [0.717, 1.165) is 22.6 Å². The molecule has 2 N–H and O–H groups in total. The molecule has 3 aromatic rings. The quantitative estimate of drug-likeness (QED) is 0.687. The minimum absolute atomic E-state index is 0.0332. The monoisotopic (exact) mass is 388 g/mol. The minimum atomic E-state index is -3.77. The summed E-state index contributed by atoms with van der Waals surface area (Å²) in [5, 5.41) is 5.78. The molecule has 2 aromatic carbocycles. The zero-order valence-electron chi connectivity index (χ0n) is 14.2. The van der Waals surface area contributed by atoms with Crippen LogP contribution < -0.4 is 5.14 Å². The Labute approximate surface area is 157 Å². The SMILES string of the molecule is CC(=O)c1cc(-c2ccc(Cl)cc2)n(-c2ccc(S(N)(=O)=O)cc2)c1C. The molecule has 3 rings (SSSR count). The molecular formula is C19H17ClN2O3S. The summed E-state index contributed by atoms with van der Waals surface area (Å²) in [6.07, 6.45) is 0. The summed E-state index contributed by atoms with van der Waals surface area (Å²) >= 11 is 5.97. The average Bonchev–Trinajstić information content (AvgIpc) is 2.92. The van der Waals surface area contributed by atoms with Crippen molar-refractivity contribution in [3.8, 4) is 16.9 Å². The molecule has 134 valence electrons. The zero-order valence-corrected chi connectivity index (χ0v) is 15.8. The van der Waals surface area contributed by atoms with Crippen molar-refractivity contribution in [3.63, 3.8) is 0 Å². The van der Waals surface area contributed by atoms with Gasteiger partial charge in [0.15, 0.2) is 5.78 Å². The predicted octanol–water partition coefficient (Wildman–Crippen LogP) is 3.96. The molecule has 0 spiro atoms. The van der Waals surface area contributed by atoms with E-state index in [-0.39, 0.29) is 10.7 Å². The number of hydrogen-bond acceptors (Lipinski definition) is 3. The maximum atomic E-state index is 12.0. The number of rotatable bonds is 4. The molecule has 0 saturated heterocycles. The van der Waals surface area contributed by atoms with Crippen molar-refractivity contribution in [2.45, 2.75) is 18.7 Å². The van der Waals surface area contributed by atoms with Crippen LogP contribution in [0.1, 0.15) is 23.0 Å². The molecule has 0 aliphatic heterocycles. The van der Waals surface area contributed by atoms with E-state index >= 15 is 0 Å². The number of halogens is 1. The van der Waals surface area contributed by atoms with Crippen molar-refractivity contribution >= 4 is 27.4 Å². The molecule has 1 aromatic heterocycles. The standard InChI is InChI=1S/C19H17ClN2O3S/c1-12-18(13(2)23)11-19(14-3-5-15(20)6-4-14)22(12)16-7-9-17(10-8-16)26(21,24)25/h3-11H,1-2H3,(H2,21,24,25). The van der Waals surface area contributed by atoms with E-state index in [0.29, 0.717) is 10.6 Å². The number of carbonyl (C=O) groups excluding carboxylic acids is 1. The summed E-state index contributed by atoms with van der Waals surface area (Å²) in [5.41, 5.74) is 3.80. The number of nitrogens with zero attached hydrogens (tertiary/aromatic N) is 1. The summed E-state index contributed by atoms with van der Waals surface area (Å²) in [6, 6.07) is 15.3. The Hall–Kier alpha value is -2.41. The van der Waals surface area contributed by atoms with Crippen LogP contribution in [0.5, 0.6) is 0 Å². The van der Waals surface area contributed by atoms with Gasteiger partial charge in [-0.3, -0.25) is 4.79 Å². The maximum absolute atomic E-state index is 12.0. The van der Waals surface area contributed by atoms with E-state index in [1.54, 1.807) is 24.3 Å². The molecule has 0 aliphatic rings. The Bertz CT molecular complexity index is 1080. The topological polar surface area (TPSA) is 82.2 Å². The second-order valence-corrected chi connectivity index (χ2v) is 7.96. The zero-order chi connectivity index (χ0) is 19.1. The van der Waals surface area contributed by atoms with E-state index in [1.165, 1.54) is 19.1 Å². The van der Waals surface area contributed by atoms with Crippen LogP contribution in [0.4, 0.5) is 0 Å². The van der Waals surface area contributed by atoms with Crippen LogP contribution in [0.25, 0.3) is 16.9 Å². The molecule has 0 bridgehead atoms. The Balaban J connectivity index is 2.22. The predicted molar refractivity (Wildman–Crippen MR) is 102 cm³/mol. The average molecular weight is 389 g/mol. The molecular weight excluding hydrogens is 372 g/mol. The number of Topliss-reactive ketones (excluding diaryl/α,β-unsaturated/α-hetero) is 1. The largest absolute Gasteiger partial charge is 0.313 e. The third-order valence-corrected chi connectivity index (χ3v) is 5.37. The lowest BCUT2D eigenvalue weighted by Crippen LogP contribution is -2.12. The highest BCUT2D eigenvalue weighted by atomic mass is 35.5. The first kappa shape index (κ1) is 18.4. The van der Waals surface area contributed by atoms with Gasteiger partial charge in [-0.2, -0.15) is 0 Å². The second-order valence-electron chi connectivity index (χ2n) is 5.97. The first-order valence-electron chi connectivity index (χ1n) is 7.81. The number of sulfonamides is 1. The van der Waals surface area contributed by atoms with Gasteiger partial charge in [-0.15, -0.1) is 0 Å². The van der Waals surface area contributed by atoms with Gasteiger partial charge in [-0.25, -0.2) is 13.6 Å². The number of nitrogens with two attached hydrogens (primary N) is 1. The Morgan fingerprint density at radius 3 is 2.12 bits per heavy atom. The van der Waals surface area contributed by atoms with Crippen LogP contribution in [-0.2, 0) is 10.0 Å². The highest BCUT2D eigenvalue weighted by molar-refractivity contribution is 7.89. The fraction of sp³-hybridized carbons (Fsp3) is 0.105. The van der Waals surface area contributed by atoms with Gasteiger partial charge in [-0.1, -0.05) is 23.7 Å². The summed E-state index contributed by atoms with van der Waals surface area (Å²) < 4.78 is 24.9. The Morgan fingerprint density at radius 2 is 1.62 bits per heavy atom. The Morgan fingerprint density at radius 1 is 1.04 bits per heavy atom. The van der Waals surface area contributed by atoms with Crippen molar-refractivity contribution in [1.82, 2.24) is 4.57 Å². The molecule has 1 heterocycles. The molecule has 0 saturated carbocycles. The number of aromatic nitrogens is 1. The highest BCUT2D eigenvalue weighted by Crippen LogP contribution is 2.31.